The van der Waals surface area contributed by atoms with Crippen molar-refractivity contribution in [3.8, 4) is 17.6 Å². The number of benzene rings is 2. The normalized spacial score (nSPS) is 18.1. The molecule has 0 aliphatic heterocycles. The summed E-state index contributed by atoms with van der Waals surface area (Å²) in [4.78, 5) is 0. The number of hydrogen-bond acceptors (Lipinski definition) is 1. The number of hydrogen-bond donors (Lipinski definition) is 0. The maximum absolute atomic E-state index is 5.90. The first-order valence-corrected chi connectivity index (χ1v) is 13.1. The third-order valence-corrected chi connectivity index (χ3v) is 6.79. The molecule has 2 aromatic rings. The van der Waals surface area contributed by atoms with Crippen molar-refractivity contribution < 1.29 is 4.74 Å². The van der Waals surface area contributed by atoms with E-state index < -0.39 is 0 Å². The second-order valence-corrected chi connectivity index (χ2v) is 9.45. The monoisotopic (exact) mass is 430 g/mol. The SMILES string of the molecule is CCCCCCOc1ccc([C@H]2CC[C@H](C#Cc3ccc(CCCCC)cc3)CC2)cc1. The van der Waals surface area contributed by atoms with Crippen LogP contribution in [0.25, 0.3) is 0 Å². The fourth-order valence-corrected chi connectivity index (χ4v) is 4.65. The van der Waals surface area contributed by atoms with Gasteiger partial charge in [0.1, 0.15) is 5.75 Å². The van der Waals surface area contributed by atoms with E-state index in [1.54, 1.807) is 0 Å². The van der Waals surface area contributed by atoms with E-state index in [1.807, 2.05) is 0 Å². The lowest BCUT2D eigenvalue weighted by molar-refractivity contribution is 0.304. The lowest BCUT2D eigenvalue weighted by Crippen LogP contribution is -2.12. The van der Waals surface area contributed by atoms with E-state index in [4.69, 9.17) is 4.74 Å². The summed E-state index contributed by atoms with van der Waals surface area (Å²) < 4.78 is 5.90. The van der Waals surface area contributed by atoms with Gasteiger partial charge in [0.2, 0.25) is 0 Å². The average molecular weight is 431 g/mol. The zero-order valence-corrected chi connectivity index (χ0v) is 20.4. The van der Waals surface area contributed by atoms with Crippen LogP contribution in [0.2, 0.25) is 0 Å². The van der Waals surface area contributed by atoms with Crippen molar-refractivity contribution in [1.82, 2.24) is 0 Å². The quantitative estimate of drug-likeness (QED) is 0.256. The maximum Gasteiger partial charge on any atom is 0.119 e. The molecule has 1 fully saturated rings. The van der Waals surface area contributed by atoms with E-state index in [0.717, 1.165) is 24.3 Å². The number of rotatable bonds is 11. The lowest BCUT2D eigenvalue weighted by atomic mass is 9.79. The Morgan fingerprint density at radius 1 is 0.750 bits per heavy atom. The Hall–Kier alpha value is -2.20. The molecule has 1 heteroatoms. The molecule has 1 aliphatic rings. The van der Waals surface area contributed by atoms with Crippen LogP contribution in [0.15, 0.2) is 48.5 Å². The predicted octanol–water partition coefficient (Wildman–Crippen LogP) is 8.70. The zero-order valence-electron chi connectivity index (χ0n) is 20.4. The van der Waals surface area contributed by atoms with Crippen molar-refractivity contribution in [2.24, 2.45) is 5.92 Å². The van der Waals surface area contributed by atoms with Gasteiger partial charge in [0.05, 0.1) is 6.61 Å². The third-order valence-electron chi connectivity index (χ3n) is 6.79. The van der Waals surface area contributed by atoms with Gasteiger partial charge in [-0.1, -0.05) is 82.1 Å². The Morgan fingerprint density at radius 3 is 2.12 bits per heavy atom. The van der Waals surface area contributed by atoms with Gasteiger partial charge in [-0.2, -0.15) is 0 Å². The molecule has 0 amide bonds. The minimum Gasteiger partial charge on any atom is -0.494 e. The Balaban J connectivity index is 1.40. The molecular weight excluding hydrogens is 388 g/mol. The van der Waals surface area contributed by atoms with Crippen molar-refractivity contribution >= 4 is 0 Å². The molecule has 1 nitrogen and oxygen atoms in total. The van der Waals surface area contributed by atoms with Gasteiger partial charge in [-0.25, -0.2) is 0 Å². The first-order valence-electron chi connectivity index (χ1n) is 13.1. The van der Waals surface area contributed by atoms with Crippen LogP contribution in [-0.4, -0.2) is 6.61 Å². The molecule has 0 atom stereocenters. The van der Waals surface area contributed by atoms with Crippen LogP contribution in [0.5, 0.6) is 5.75 Å². The summed E-state index contributed by atoms with van der Waals surface area (Å²) in [7, 11) is 0. The topological polar surface area (TPSA) is 9.23 Å². The van der Waals surface area contributed by atoms with Gasteiger partial charge in [-0.15, -0.1) is 0 Å². The summed E-state index contributed by atoms with van der Waals surface area (Å²) in [6, 6.07) is 17.8. The Morgan fingerprint density at radius 2 is 1.44 bits per heavy atom. The molecule has 0 saturated heterocycles. The molecular formula is C31H42O. The van der Waals surface area contributed by atoms with Gasteiger partial charge in [-0.3, -0.25) is 0 Å². The lowest BCUT2D eigenvalue weighted by Gasteiger charge is -2.26. The molecule has 32 heavy (non-hydrogen) atoms. The van der Waals surface area contributed by atoms with Crippen LogP contribution in [-0.2, 0) is 6.42 Å². The standard InChI is InChI=1S/C31H42O/c1-3-5-7-9-25-32-31-23-21-30(22-24-31)29-19-17-28(18-20-29)16-15-27-13-11-26(12-14-27)10-8-6-4-2/h11-14,21-24,28-29H,3-10,17-20,25H2,1-2H3/t28-,29-. The van der Waals surface area contributed by atoms with E-state index in [1.165, 1.54) is 81.8 Å². The van der Waals surface area contributed by atoms with Crippen molar-refractivity contribution in [3.63, 3.8) is 0 Å². The Kier molecular flexibility index (Phi) is 10.7. The summed E-state index contributed by atoms with van der Waals surface area (Å²) in [6.07, 6.45) is 15.0. The van der Waals surface area contributed by atoms with Crippen LogP contribution in [0, 0.1) is 17.8 Å². The zero-order chi connectivity index (χ0) is 22.4. The highest BCUT2D eigenvalue weighted by Gasteiger charge is 2.21. The van der Waals surface area contributed by atoms with Crippen molar-refractivity contribution in [3.05, 3.63) is 65.2 Å². The fraction of sp³-hybridized carbons (Fsp3) is 0.548. The largest absolute Gasteiger partial charge is 0.494 e. The predicted molar refractivity (Wildman–Crippen MR) is 137 cm³/mol. The Bertz CT molecular complexity index is 814. The van der Waals surface area contributed by atoms with Gasteiger partial charge in [0.15, 0.2) is 0 Å². The molecule has 0 spiro atoms. The molecule has 3 rings (SSSR count). The molecule has 2 aromatic carbocycles. The fourth-order valence-electron chi connectivity index (χ4n) is 4.65. The summed E-state index contributed by atoms with van der Waals surface area (Å²) in [5, 5.41) is 0. The van der Waals surface area contributed by atoms with Crippen LogP contribution in [0.4, 0.5) is 0 Å². The Labute approximate surface area is 197 Å². The molecule has 0 aromatic heterocycles. The minimum atomic E-state index is 0.543. The number of aryl methyl sites for hydroxylation is 1. The second-order valence-electron chi connectivity index (χ2n) is 9.45. The van der Waals surface area contributed by atoms with Gasteiger partial charge in [0, 0.05) is 11.5 Å². The van der Waals surface area contributed by atoms with Gasteiger partial charge in [-0.05, 0) is 86.3 Å². The summed E-state index contributed by atoms with van der Waals surface area (Å²) in [5.74, 6) is 9.23. The highest BCUT2D eigenvalue weighted by atomic mass is 16.5. The summed E-state index contributed by atoms with van der Waals surface area (Å²) in [5.41, 5.74) is 4.07. The molecule has 0 unspecified atom stereocenters. The van der Waals surface area contributed by atoms with E-state index in [0.29, 0.717) is 11.8 Å². The molecule has 1 saturated carbocycles. The second kappa shape index (κ2) is 14.1. The van der Waals surface area contributed by atoms with Crippen LogP contribution in [0.1, 0.15) is 107 Å². The van der Waals surface area contributed by atoms with Crippen LogP contribution >= 0.6 is 0 Å². The molecule has 1 aliphatic carbocycles. The molecule has 0 heterocycles. The molecule has 0 radical (unpaired) electrons. The molecule has 0 bridgehead atoms. The first kappa shape index (κ1) is 24.4. The van der Waals surface area contributed by atoms with Gasteiger partial charge >= 0.3 is 0 Å². The van der Waals surface area contributed by atoms with E-state index in [2.05, 4.69) is 74.2 Å². The molecule has 0 N–H and O–H groups in total. The first-order chi connectivity index (χ1) is 15.8. The van der Waals surface area contributed by atoms with E-state index >= 15 is 0 Å². The number of ether oxygens (including phenoxy) is 1. The maximum atomic E-state index is 5.90. The van der Waals surface area contributed by atoms with Gasteiger partial charge in [0.25, 0.3) is 0 Å². The van der Waals surface area contributed by atoms with Crippen LogP contribution < -0.4 is 4.74 Å². The van der Waals surface area contributed by atoms with E-state index in [-0.39, 0.29) is 0 Å². The average Bonchev–Trinajstić information content (AvgIpc) is 2.84. The van der Waals surface area contributed by atoms with E-state index in [9.17, 15) is 0 Å². The van der Waals surface area contributed by atoms with Crippen molar-refractivity contribution in [1.29, 1.82) is 0 Å². The minimum absolute atomic E-state index is 0.543. The van der Waals surface area contributed by atoms with Gasteiger partial charge < -0.3 is 4.74 Å². The highest BCUT2D eigenvalue weighted by Crippen LogP contribution is 2.36. The molecule has 172 valence electrons. The highest BCUT2D eigenvalue weighted by molar-refractivity contribution is 5.37. The van der Waals surface area contributed by atoms with Crippen molar-refractivity contribution in [2.75, 3.05) is 6.61 Å². The number of unbranched alkanes of at least 4 members (excludes halogenated alkanes) is 5. The smallest absolute Gasteiger partial charge is 0.119 e. The summed E-state index contributed by atoms with van der Waals surface area (Å²) in [6.45, 7) is 5.34. The summed E-state index contributed by atoms with van der Waals surface area (Å²) >= 11 is 0. The van der Waals surface area contributed by atoms with Crippen LogP contribution in [0.3, 0.4) is 0 Å². The third kappa shape index (κ3) is 8.38. The van der Waals surface area contributed by atoms with Crippen molar-refractivity contribution in [2.45, 2.75) is 96.8 Å².